The molecule has 2 heteroatoms. The average Bonchev–Trinajstić information content (AvgIpc) is 2.30. The summed E-state index contributed by atoms with van der Waals surface area (Å²) in [4.78, 5) is 13.9. The molecule has 16 heavy (non-hydrogen) atoms. The van der Waals surface area contributed by atoms with Gasteiger partial charge in [-0.1, -0.05) is 25.1 Å². The highest BCUT2D eigenvalue weighted by molar-refractivity contribution is 5.95. The molecular formula is C14H19NO. The summed E-state index contributed by atoms with van der Waals surface area (Å²) in [5.74, 6) is 0.287. The molecule has 2 rings (SSSR count). The molecule has 1 heterocycles. The van der Waals surface area contributed by atoms with Gasteiger partial charge in [-0.15, -0.1) is 0 Å². The van der Waals surface area contributed by atoms with E-state index in [0.29, 0.717) is 6.42 Å². The molecule has 0 radical (unpaired) electrons. The Hall–Kier alpha value is -1.31. The molecule has 1 fully saturated rings. The van der Waals surface area contributed by atoms with Gasteiger partial charge in [0.2, 0.25) is 5.91 Å². The van der Waals surface area contributed by atoms with Gasteiger partial charge in [-0.2, -0.15) is 0 Å². The fraction of sp³-hybridized carbons (Fsp3) is 0.500. The summed E-state index contributed by atoms with van der Waals surface area (Å²) in [6.07, 6.45) is 3.87. The lowest BCUT2D eigenvalue weighted by molar-refractivity contribution is -0.119. The van der Waals surface area contributed by atoms with Gasteiger partial charge in [0.15, 0.2) is 0 Å². The van der Waals surface area contributed by atoms with Crippen molar-refractivity contribution in [2.45, 2.75) is 39.5 Å². The minimum Gasteiger partial charge on any atom is -0.312 e. The van der Waals surface area contributed by atoms with E-state index in [-0.39, 0.29) is 5.91 Å². The van der Waals surface area contributed by atoms with E-state index in [1.807, 2.05) is 4.90 Å². The number of benzene rings is 1. The lowest BCUT2D eigenvalue weighted by Gasteiger charge is -2.30. The first-order valence-corrected chi connectivity index (χ1v) is 6.13. The van der Waals surface area contributed by atoms with Crippen molar-refractivity contribution in [3.8, 4) is 0 Å². The number of carbonyl (C=O) groups excluding carboxylic acids is 1. The van der Waals surface area contributed by atoms with Crippen LogP contribution in [-0.4, -0.2) is 12.5 Å². The van der Waals surface area contributed by atoms with E-state index in [1.165, 1.54) is 11.1 Å². The second kappa shape index (κ2) is 4.69. The Kier molecular flexibility index (Phi) is 3.28. The smallest absolute Gasteiger partial charge is 0.226 e. The Morgan fingerprint density at radius 3 is 2.81 bits per heavy atom. The van der Waals surface area contributed by atoms with E-state index in [9.17, 15) is 4.79 Å². The summed E-state index contributed by atoms with van der Waals surface area (Å²) >= 11 is 0. The summed E-state index contributed by atoms with van der Waals surface area (Å²) in [5.41, 5.74) is 3.67. The van der Waals surface area contributed by atoms with Gasteiger partial charge >= 0.3 is 0 Å². The van der Waals surface area contributed by atoms with E-state index in [4.69, 9.17) is 0 Å². The number of piperidine rings is 1. The summed E-state index contributed by atoms with van der Waals surface area (Å²) in [6.45, 7) is 5.12. The van der Waals surface area contributed by atoms with Crippen LogP contribution in [0, 0.1) is 6.92 Å². The monoisotopic (exact) mass is 217 g/mol. The normalized spacial score (nSPS) is 16.6. The van der Waals surface area contributed by atoms with Gasteiger partial charge in [-0.05, 0) is 37.3 Å². The van der Waals surface area contributed by atoms with Crippen molar-refractivity contribution in [2.24, 2.45) is 0 Å². The fourth-order valence-electron chi connectivity index (χ4n) is 2.43. The summed E-state index contributed by atoms with van der Waals surface area (Å²) in [7, 11) is 0. The van der Waals surface area contributed by atoms with E-state index < -0.39 is 0 Å². The standard InChI is InChI=1S/C14H19NO/c1-3-12-8-6-7-11(2)14(12)15-10-5-4-9-13(15)16/h6-8H,3-5,9-10H2,1-2H3. The third-order valence-corrected chi connectivity index (χ3v) is 3.30. The third-order valence-electron chi connectivity index (χ3n) is 3.30. The average molecular weight is 217 g/mol. The SMILES string of the molecule is CCc1cccc(C)c1N1CCCCC1=O. The largest absolute Gasteiger partial charge is 0.312 e. The van der Waals surface area contributed by atoms with Gasteiger partial charge < -0.3 is 4.90 Å². The van der Waals surface area contributed by atoms with Crippen LogP contribution in [0.5, 0.6) is 0 Å². The van der Waals surface area contributed by atoms with Crippen molar-refractivity contribution in [3.63, 3.8) is 0 Å². The highest BCUT2D eigenvalue weighted by atomic mass is 16.2. The highest BCUT2D eigenvalue weighted by Gasteiger charge is 2.22. The van der Waals surface area contributed by atoms with Gasteiger partial charge in [0.25, 0.3) is 0 Å². The molecule has 0 N–H and O–H groups in total. The van der Waals surface area contributed by atoms with Crippen LogP contribution in [0.25, 0.3) is 0 Å². The third kappa shape index (κ3) is 1.97. The van der Waals surface area contributed by atoms with Gasteiger partial charge in [0.1, 0.15) is 0 Å². The maximum Gasteiger partial charge on any atom is 0.226 e. The summed E-state index contributed by atoms with van der Waals surface area (Å²) < 4.78 is 0. The molecule has 2 nitrogen and oxygen atoms in total. The number of para-hydroxylation sites is 1. The van der Waals surface area contributed by atoms with Crippen molar-refractivity contribution in [1.29, 1.82) is 0 Å². The quantitative estimate of drug-likeness (QED) is 0.745. The van der Waals surface area contributed by atoms with Crippen LogP contribution in [0.15, 0.2) is 18.2 Å². The number of anilines is 1. The van der Waals surface area contributed by atoms with Crippen molar-refractivity contribution >= 4 is 11.6 Å². The molecule has 0 saturated carbocycles. The molecule has 0 bridgehead atoms. The van der Waals surface area contributed by atoms with Crippen molar-refractivity contribution < 1.29 is 4.79 Å². The number of hydrogen-bond donors (Lipinski definition) is 0. The summed E-state index contributed by atoms with van der Waals surface area (Å²) in [6, 6.07) is 6.30. The highest BCUT2D eigenvalue weighted by Crippen LogP contribution is 2.28. The van der Waals surface area contributed by atoms with Crippen LogP contribution in [0.2, 0.25) is 0 Å². The van der Waals surface area contributed by atoms with Crippen molar-refractivity contribution in [1.82, 2.24) is 0 Å². The molecule has 1 aliphatic rings. The number of nitrogens with zero attached hydrogens (tertiary/aromatic N) is 1. The lowest BCUT2D eigenvalue weighted by atomic mass is 10.0. The first-order chi connectivity index (χ1) is 7.74. The molecule has 0 spiro atoms. The minimum atomic E-state index is 0.287. The van der Waals surface area contributed by atoms with E-state index in [0.717, 1.165) is 31.5 Å². The number of aryl methyl sites for hydroxylation is 2. The number of carbonyl (C=O) groups is 1. The van der Waals surface area contributed by atoms with Gasteiger partial charge in [0.05, 0.1) is 0 Å². The molecule has 1 saturated heterocycles. The molecule has 86 valence electrons. The Balaban J connectivity index is 2.41. The first kappa shape index (κ1) is 11.2. The molecule has 0 aliphatic carbocycles. The molecule has 1 amide bonds. The van der Waals surface area contributed by atoms with Gasteiger partial charge in [0, 0.05) is 18.7 Å². The first-order valence-electron chi connectivity index (χ1n) is 6.13. The van der Waals surface area contributed by atoms with Crippen LogP contribution in [0.3, 0.4) is 0 Å². The van der Waals surface area contributed by atoms with Gasteiger partial charge in [-0.3, -0.25) is 4.79 Å². The molecule has 1 aliphatic heterocycles. The Morgan fingerprint density at radius 2 is 2.12 bits per heavy atom. The Bertz CT molecular complexity index is 398. The molecule has 0 atom stereocenters. The van der Waals surface area contributed by atoms with Crippen LogP contribution in [-0.2, 0) is 11.2 Å². The molecular weight excluding hydrogens is 198 g/mol. The van der Waals surface area contributed by atoms with Crippen LogP contribution in [0.1, 0.15) is 37.3 Å². The Labute approximate surface area is 97.3 Å². The predicted octanol–water partition coefficient (Wildman–Crippen LogP) is 3.07. The summed E-state index contributed by atoms with van der Waals surface area (Å²) in [5, 5.41) is 0. The molecule has 1 aromatic rings. The van der Waals surface area contributed by atoms with E-state index >= 15 is 0 Å². The zero-order chi connectivity index (χ0) is 11.5. The van der Waals surface area contributed by atoms with Crippen molar-refractivity contribution in [2.75, 3.05) is 11.4 Å². The van der Waals surface area contributed by atoms with Crippen LogP contribution < -0.4 is 4.90 Å². The number of amides is 1. The Morgan fingerprint density at radius 1 is 1.31 bits per heavy atom. The number of rotatable bonds is 2. The molecule has 0 unspecified atom stereocenters. The zero-order valence-electron chi connectivity index (χ0n) is 10.1. The van der Waals surface area contributed by atoms with Crippen LogP contribution in [0.4, 0.5) is 5.69 Å². The number of hydrogen-bond acceptors (Lipinski definition) is 1. The van der Waals surface area contributed by atoms with Crippen LogP contribution >= 0.6 is 0 Å². The lowest BCUT2D eigenvalue weighted by Crippen LogP contribution is -2.36. The predicted molar refractivity (Wildman–Crippen MR) is 66.8 cm³/mol. The second-order valence-electron chi connectivity index (χ2n) is 4.44. The second-order valence-corrected chi connectivity index (χ2v) is 4.44. The van der Waals surface area contributed by atoms with Crippen molar-refractivity contribution in [3.05, 3.63) is 29.3 Å². The van der Waals surface area contributed by atoms with E-state index in [1.54, 1.807) is 0 Å². The minimum absolute atomic E-state index is 0.287. The van der Waals surface area contributed by atoms with E-state index in [2.05, 4.69) is 32.0 Å². The maximum atomic E-state index is 11.9. The fourth-order valence-corrected chi connectivity index (χ4v) is 2.43. The zero-order valence-corrected chi connectivity index (χ0v) is 10.1. The topological polar surface area (TPSA) is 20.3 Å². The van der Waals surface area contributed by atoms with Gasteiger partial charge in [-0.25, -0.2) is 0 Å². The molecule has 1 aromatic carbocycles. The maximum absolute atomic E-state index is 11.9. The molecule has 0 aromatic heterocycles.